The van der Waals surface area contributed by atoms with E-state index in [1.165, 1.54) is 6.07 Å². The van der Waals surface area contributed by atoms with Gasteiger partial charge in [-0.15, -0.1) is 0 Å². The van der Waals surface area contributed by atoms with E-state index in [0.717, 1.165) is 0 Å². The van der Waals surface area contributed by atoms with E-state index in [4.69, 9.17) is 11.0 Å². The summed E-state index contributed by atoms with van der Waals surface area (Å²) < 4.78 is 13.8. The summed E-state index contributed by atoms with van der Waals surface area (Å²) in [6.07, 6.45) is 0.0372. The number of hydrogen-bond acceptors (Lipinski definition) is 2. The Morgan fingerprint density at radius 2 is 2.25 bits per heavy atom. The van der Waals surface area contributed by atoms with Crippen molar-refractivity contribution in [1.82, 2.24) is 0 Å². The maximum atomic E-state index is 13.1. The van der Waals surface area contributed by atoms with Gasteiger partial charge in [0.1, 0.15) is 5.82 Å². The molecule has 0 atom stereocenters. The van der Waals surface area contributed by atoms with Gasteiger partial charge in [0.15, 0.2) is 0 Å². The van der Waals surface area contributed by atoms with E-state index in [2.05, 4.69) is 15.9 Å². The normalized spacial score (nSPS) is 9.42. The van der Waals surface area contributed by atoms with Crippen LogP contribution in [0.1, 0.15) is 5.56 Å². The summed E-state index contributed by atoms with van der Waals surface area (Å²) in [6, 6.07) is 4.88. The van der Waals surface area contributed by atoms with Crippen LogP contribution in [0.15, 0.2) is 16.6 Å². The van der Waals surface area contributed by atoms with Gasteiger partial charge in [-0.3, -0.25) is 0 Å². The number of anilines is 1. The van der Waals surface area contributed by atoms with Crippen LogP contribution >= 0.6 is 15.9 Å². The molecule has 2 nitrogen and oxygen atoms in total. The summed E-state index contributed by atoms with van der Waals surface area (Å²) in [7, 11) is 0. The van der Waals surface area contributed by atoms with E-state index in [1.54, 1.807) is 6.07 Å². The van der Waals surface area contributed by atoms with E-state index in [-0.39, 0.29) is 12.1 Å². The summed E-state index contributed by atoms with van der Waals surface area (Å²) >= 11 is 3.16. The van der Waals surface area contributed by atoms with Crippen LogP contribution in [0.4, 0.5) is 10.1 Å². The van der Waals surface area contributed by atoms with Crippen molar-refractivity contribution in [2.75, 3.05) is 5.73 Å². The maximum absolute atomic E-state index is 13.1. The number of nitrogens with two attached hydrogens (primary N) is 1. The number of nitrogen functional groups attached to an aromatic ring is 1. The van der Waals surface area contributed by atoms with Crippen molar-refractivity contribution in [2.45, 2.75) is 6.42 Å². The third kappa shape index (κ3) is 1.74. The highest BCUT2D eigenvalue weighted by Crippen LogP contribution is 2.21. The van der Waals surface area contributed by atoms with Crippen LogP contribution in [0.2, 0.25) is 0 Å². The van der Waals surface area contributed by atoms with Crippen LogP contribution in [0.5, 0.6) is 0 Å². The second-order valence-electron chi connectivity index (χ2n) is 2.30. The number of halogens is 2. The standard InChI is InChI=1S/C8H6BrFN2/c9-6-3-5(1-2-11)8(10)7(12)4-6/h3-4H,1,12H2. The molecule has 1 rings (SSSR count). The van der Waals surface area contributed by atoms with Crippen LogP contribution in [0, 0.1) is 17.1 Å². The number of hydrogen-bond donors (Lipinski definition) is 1. The monoisotopic (exact) mass is 228 g/mol. The van der Waals surface area contributed by atoms with E-state index >= 15 is 0 Å². The highest BCUT2D eigenvalue weighted by atomic mass is 79.9. The average Bonchev–Trinajstić information content (AvgIpc) is 2.00. The predicted octanol–water partition coefficient (Wildman–Crippen LogP) is 2.24. The van der Waals surface area contributed by atoms with Crippen LogP contribution in [-0.4, -0.2) is 0 Å². The Hall–Kier alpha value is -1.08. The summed E-state index contributed by atoms with van der Waals surface area (Å²) in [4.78, 5) is 0. The number of nitriles is 1. The van der Waals surface area contributed by atoms with E-state index in [0.29, 0.717) is 10.0 Å². The molecule has 0 radical (unpaired) electrons. The highest BCUT2D eigenvalue weighted by molar-refractivity contribution is 9.10. The second-order valence-corrected chi connectivity index (χ2v) is 3.22. The molecule has 0 aromatic heterocycles. The van der Waals surface area contributed by atoms with Gasteiger partial charge < -0.3 is 5.73 Å². The lowest BCUT2D eigenvalue weighted by Crippen LogP contribution is -1.96. The molecule has 12 heavy (non-hydrogen) atoms. The van der Waals surface area contributed by atoms with Crippen LogP contribution < -0.4 is 5.73 Å². The van der Waals surface area contributed by atoms with Crippen LogP contribution in [0.25, 0.3) is 0 Å². The maximum Gasteiger partial charge on any atom is 0.150 e. The lowest BCUT2D eigenvalue weighted by Gasteiger charge is -2.02. The van der Waals surface area contributed by atoms with Gasteiger partial charge in [-0.25, -0.2) is 4.39 Å². The first-order chi connectivity index (χ1) is 5.65. The molecule has 0 heterocycles. The minimum atomic E-state index is -0.500. The zero-order valence-corrected chi connectivity index (χ0v) is 7.73. The fourth-order valence-electron chi connectivity index (χ4n) is 0.883. The average molecular weight is 229 g/mol. The van der Waals surface area contributed by atoms with E-state index < -0.39 is 5.82 Å². The highest BCUT2D eigenvalue weighted by Gasteiger charge is 2.06. The lowest BCUT2D eigenvalue weighted by molar-refractivity contribution is 0.619. The van der Waals surface area contributed by atoms with Gasteiger partial charge in [-0.1, -0.05) is 15.9 Å². The van der Waals surface area contributed by atoms with Crippen LogP contribution in [0.3, 0.4) is 0 Å². The largest absolute Gasteiger partial charge is 0.396 e. The lowest BCUT2D eigenvalue weighted by atomic mass is 10.1. The Morgan fingerprint density at radius 3 is 2.83 bits per heavy atom. The quantitative estimate of drug-likeness (QED) is 0.750. The van der Waals surface area contributed by atoms with Gasteiger partial charge >= 0.3 is 0 Å². The van der Waals surface area contributed by atoms with Crippen molar-refractivity contribution in [3.63, 3.8) is 0 Å². The summed E-state index contributed by atoms with van der Waals surface area (Å²) in [5, 5.41) is 8.35. The van der Waals surface area contributed by atoms with Crippen molar-refractivity contribution < 1.29 is 4.39 Å². The van der Waals surface area contributed by atoms with Crippen molar-refractivity contribution >= 4 is 21.6 Å². The molecule has 0 amide bonds. The molecule has 0 bridgehead atoms. The number of rotatable bonds is 1. The topological polar surface area (TPSA) is 49.8 Å². The molecule has 0 saturated carbocycles. The van der Waals surface area contributed by atoms with Gasteiger partial charge in [-0.05, 0) is 12.1 Å². The predicted molar refractivity (Wildman–Crippen MR) is 47.8 cm³/mol. The number of benzene rings is 1. The molecule has 0 fully saturated rings. The van der Waals surface area contributed by atoms with Gasteiger partial charge in [0.25, 0.3) is 0 Å². The second kappa shape index (κ2) is 3.55. The minimum Gasteiger partial charge on any atom is -0.396 e. The third-order valence-corrected chi connectivity index (χ3v) is 1.87. The van der Waals surface area contributed by atoms with Crippen molar-refractivity contribution in [3.8, 4) is 6.07 Å². The minimum absolute atomic E-state index is 0.0372. The third-order valence-electron chi connectivity index (χ3n) is 1.41. The van der Waals surface area contributed by atoms with Gasteiger partial charge in [0.2, 0.25) is 0 Å². The van der Waals surface area contributed by atoms with E-state index in [9.17, 15) is 4.39 Å². The molecule has 4 heteroatoms. The van der Waals surface area contributed by atoms with Crippen molar-refractivity contribution in [2.24, 2.45) is 0 Å². The molecule has 0 saturated heterocycles. The Kier molecular flexibility index (Phi) is 2.66. The van der Waals surface area contributed by atoms with Gasteiger partial charge in [0.05, 0.1) is 18.2 Å². The molecular formula is C8H6BrFN2. The molecule has 0 aliphatic heterocycles. The molecule has 2 N–H and O–H groups in total. The first kappa shape index (κ1) is 9.01. The summed E-state index contributed by atoms with van der Waals surface area (Å²) in [6.45, 7) is 0. The molecule has 62 valence electrons. The molecule has 0 aliphatic rings. The Balaban J connectivity index is 3.20. The van der Waals surface area contributed by atoms with Crippen molar-refractivity contribution in [3.05, 3.63) is 28.0 Å². The molecule has 0 spiro atoms. The zero-order chi connectivity index (χ0) is 9.14. The fourth-order valence-corrected chi connectivity index (χ4v) is 1.41. The first-order valence-electron chi connectivity index (χ1n) is 3.25. The zero-order valence-electron chi connectivity index (χ0n) is 6.14. The molecule has 1 aromatic rings. The number of nitrogens with zero attached hydrogens (tertiary/aromatic N) is 1. The van der Waals surface area contributed by atoms with Gasteiger partial charge in [-0.2, -0.15) is 5.26 Å². The molecule has 0 aliphatic carbocycles. The van der Waals surface area contributed by atoms with Gasteiger partial charge in [0, 0.05) is 10.0 Å². The Labute approximate surface area is 77.9 Å². The smallest absolute Gasteiger partial charge is 0.150 e. The van der Waals surface area contributed by atoms with Crippen molar-refractivity contribution in [1.29, 1.82) is 5.26 Å². The molecule has 1 aromatic carbocycles. The van der Waals surface area contributed by atoms with E-state index in [1.807, 2.05) is 6.07 Å². The van der Waals surface area contributed by atoms with Crippen LogP contribution in [-0.2, 0) is 6.42 Å². The summed E-state index contributed by atoms with van der Waals surface area (Å²) in [5.41, 5.74) is 5.73. The fraction of sp³-hybridized carbons (Fsp3) is 0.125. The molecule has 0 unspecified atom stereocenters. The summed E-state index contributed by atoms with van der Waals surface area (Å²) in [5.74, 6) is -0.500. The SMILES string of the molecule is N#CCc1cc(Br)cc(N)c1F. The Bertz CT molecular complexity index is 344. The molecular weight excluding hydrogens is 223 g/mol. The first-order valence-corrected chi connectivity index (χ1v) is 4.05. The Morgan fingerprint density at radius 1 is 1.58 bits per heavy atom.